The average Bonchev–Trinajstić information content (AvgIpc) is 2.92. The smallest absolute Gasteiger partial charge is 0.0200 e. The fourth-order valence-electron chi connectivity index (χ4n) is 5.16. The maximum Gasteiger partial charge on any atom is 0.0200 e. The van der Waals surface area contributed by atoms with Crippen LogP contribution in [0.3, 0.4) is 0 Å². The van der Waals surface area contributed by atoms with Gasteiger partial charge in [-0.2, -0.15) is 0 Å². The van der Waals surface area contributed by atoms with Gasteiger partial charge in [0.2, 0.25) is 0 Å². The van der Waals surface area contributed by atoms with E-state index in [1.54, 1.807) is 0 Å². The van der Waals surface area contributed by atoms with Crippen molar-refractivity contribution in [2.24, 2.45) is 23.7 Å². The van der Waals surface area contributed by atoms with Crippen LogP contribution in [0.5, 0.6) is 0 Å². The lowest BCUT2D eigenvalue weighted by atomic mass is 9.77. The van der Waals surface area contributed by atoms with Gasteiger partial charge in [-0.15, -0.1) is 0 Å². The minimum atomic E-state index is 0.414. The highest BCUT2D eigenvalue weighted by atomic mass is 15.3. The quantitative estimate of drug-likeness (QED) is 0.824. The van der Waals surface area contributed by atoms with Gasteiger partial charge in [0.1, 0.15) is 0 Å². The molecule has 0 aromatic heterocycles. The van der Waals surface area contributed by atoms with Gasteiger partial charge >= 0.3 is 0 Å². The van der Waals surface area contributed by atoms with Crippen LogP contribution in [0.25, 0.3) is 0 Å². The van der Waals surface area contributed by atoms with Crippen LogP contribution in [0.1, 0.15) is 53.4 Å². The van der Waals surface area contributed by atoms with E-state index >= 15 is 0 Å². The van der Waals surface area contributed by atoms with Gasteiger partial charge in [0, 0.05) is 24.7 Å². The van der Waals surface area contributed by atoms with E-state index in [4.69, 9.17) is 0 Å². The number of nitrogens with one attached hydrogen (secondary N) is 1. The molecule has 3 aliphatic rings. The molecule has 0 amide bonds. The van der Waals surface area contributed by atoms with Crippen LogP contribution in [0.2, 0.25) is 0 Å². The normalized spacial score (nSPS) is 42.8. The summed E-state index contributed by atoms with van der Waals surface area (Å²) in [7, 11) is 0. The van der Waals surface area contributed by atoms with Crippen molar-refractivity contribution in [3.05, 3.63) is 0 Å². The van der Waals surface area contributed by atoms with Gasteiger partial charge in [0.05, 0.1) is 0 Å². The van der Waals surface area contributed by atoms with Crippen LogP contribution >= 0.6 is 0 Å². The van der Waals surface area contributed by atoms with Gasteiger partial charge < -0.3 is 5.32 Å². The fraction of sp³-hybridized carbons (Fsp3) is 1.00. The topological polar surface area (TPSA) is 15.3 Å². The van der Waals surface area contributed by atoms with Crippen molar-refractivity contribution >= 4 is 0 Å². The Labute approximate surface area is 119 Å². The van der Waals surface area contributed by atoms with Crippen LogP contribution in [-0.2, 0) is 0 Å². The summed E-state index contributed by atoms with van der Waals surface area (Å²) in [6.07, 6.45) is 5.82. The zero-order chi connectivity index (χ0) is 13.6. The summed E-state index contributed by atoms with van der Waals surface area (Å²) in [6, 6.07) is 0.863. The lowest BCUT2D eigenvalue weighted by Crippen LogP contribution is -2.51. The van der Waals surface area contributed by atoms with Crippen molar-refractivity contribution in [1.82, 2.24) is 10.2 Å². The van der Waals surface area contributed by atoms with E-state index in [0.717, 1.165) is 29.7 Å². The Balaban J connectivity index is 1.72. The molecule has 1 saturated carbocycles. The minimum absolute atomic E-state index is 0.414. The highest BCUT2D eigenvalue weighted by Gasteiger charge is 2.51. The van der Waals surface area contributed by atoms with Crippen molar-refractivity contribution in [3.63, 3.8) is 0 Å². The Morgan fingerprint density at radius 3 is 2.63 bits per heavy atom. The molecular weight excluding hydrogens is 232 g/mol. The molecule has 2 heteroatoms. The predicted octanol–water partition coefficient (Wildman–Crippen LogP) is 3.13. The van der Waals surface area contributed by atoms with Gasteiger partial charge in [0.25, 0.3) is 0 Å². The summed E-state index contributed by atoms with van der Waals surface area (Å²) in [5, 5.41) is 3.60. The molecule has 0 radical (unpaired) electrons. The van der Waals surface area contributed by atoms with Gasteiger partial charge in [-0.25, -0.2) is 0 Å². The lowest BCUT2D eigenvalue weighted by Gasteiger charge is -2.45. The van der Waals surface area contributed by atoms with Crippen LogP contribution in [0.15, 0.2) is 0 Å². The molecule has 0 aromatic rings. The Morgan fingerprint density at radius 2 is 1.95 bits per heavy atom. The standard InChI is InChI=1S/C17H32N2/c1-12(2)13-6-5-7-15(8-13)19-11-14-9-18-10-16(14)17(19,3)4/h12-16,18H,5-11H2,1-4H3. The highest BCUT2D eigenvalue weighted by molar-refractivity contribution is 5.06. The first-order valence-corrected chi connectivity index (χ1v) is 8.47. The summed E-state index contributed by atoms with van der Waals surface area (Å²) in [6.45, 7) is 13.7. The molecule has 2 heterocycles. The molecule has 2 saturated heterocycles. The van der Waals surface area contributed by atoms with E-state index in [1.807, 2.05) is 0 Å². The molecule has 1 aliphatic carbocycles. The van der Waals surface area contributed by atoms with Crippen LogP contribution in [0.4, 0.5) is 0 Å². The Kier molecular flexibility index (Phi) is 3.68. The van der Waals surface area contributed by atoms with Crippen molar-refractivity contribution < 1.29 is 0 Å². The molecule has 4 unspecified atom stereocenters. The third-order valence-electron chi connectivity index (χ3n) is 6.49. The second-order valence-electron chi connectivity index (χ2n) is 8.16. The number of rotatable bonds is 2. The van der Waals surface area contributed by atoms with E-state index in [0.29, 0.717) is 5.54 Å². The third-order valence-corrected chi connectivity index (χ3v) is 6.49. The molecular formula is C17H32N2. The molecule has 0 spiro atoms. The SMILES string of the molecule is CC(C)C1CCCC(N2CC3CNCC3C2(C)C)C1. The van der Waals surface area contributed by atoms with Crippen LogP contribution in [-0.4, -0.2) is 36.1 Å². The van der Waals surface area contributed by atoms with Gasteiger partial charge in [-0.05, 0) is 56.9 Å². The van der Waals surface area contributed by atoms with Crippen LogP contribution in [0, 0.1) is 23.7 Å². The second kappa shape index (κ2) is 5.04. The average molecular weight is 264 g/mol. The molecule has 0 aromatic carbocycles. The van der Waals surface area contributed by atoms with Gasteiger partial charge in [-0.1, -0.05) is 26.7 Å². The maximum absolute atomic E-state index is 3.60. The Bertz CT molecular complexity index is 323. The molecule has 1 N–H and O–H groups in total. The Morgan fingerprint density at radius 1 is 1.16 bits per heavy atom. The summed E-state index contributed by atoms with van der Waals surface area (Å²) in [4.78, 5) is 2.90. The molecule has 110 valence electrons. The number of hydrogen-bond acceptors (Lipinski definition) is 2. The van der Waals surface area contributed by atoms with Crippen molar-refractivity contribution in [3.8, 4) is 0 Å². The number of hydrogen-bond donors (Lipinski definition) is 1. The largest absolute Gasteiger partial charge is 0.316 e. The number of fused-ring (bicyclic) bond motifs is 1. The third kappa shape index (κ3) is 2.35. The second-order valence-corrected chi connectivity index (χ2v) is 8.16. The molecule has 19 heavy (non-hydrogen) atoms. The number of likely N-dealkylation sites (tertiary alicyclic amines) is 1. The first-order chi connectivity index (χ1) is 9.00. The predicted molar refractivity (Wildman–Crippen MR) is 81.2 cm³/mol. The summed E-state index contributed by atoms with van der Waals surface area (Å²) in [5.74, 6) is 3.63. The van der Waals surface area contributed by atoms with Crippen LogP contribution < -0.4 is 5.32 Å². The van der Waals surface area contributed by atoms with E-state index in [1.165, 1.54) is 45.3 Å². The molecule has 2 aliphatic heterocycles. The summed E-state index contributed by atoms with van der Waals surface area (Å²) in [5.41, 5.74) is 0.414. The van der Waals surface area contributed by atoms with Gasteiger partial charge in [-0.3, -0.25) is 4.90 Å². The monoisotopic (exact) mass is 264 g/mol. The van der Waals surface area contributed by atoms with E-state index in [9.17, 15) is 0 Å². The first-order valence-electron chi connectivity index (χ1n) is 8.47. The zero-order valence-corrected chi connectivity index (χ0v) is 13.3. The Hall–Kier alpha value is -0.0800. The summed E-state index contributed by atoms with van der Waals surface area (Å²) < 4.78 is 0. The van der Waals surface area contributed by atoms with Crippen molar-refractivity contribution in [2.45, 2.75) is 65.0 Å². The minimum Gasteiger partial charge on any atom is -0.316 e. The highest BCUT2D eigenvalue weighted by Crippen LogP contribution is 2.45. The van der Waals surface area contributed by atoms with Crippen molar-refractivity contribution in [1.29, 1.82) is 0 Å². The molecule has 4 atom stereocenters. The maximum atomic E-state index is 3.60. The lowest BCUT2D eigenvalue weighted by molar-refractivity contribution is 0.0469. The van der Waals surface area contributed by atoms with E-state index in [2.05, 4.69) is 37.9 Å². The molecule has 3 rings (SSSR count). The molecule has 2 nitrogen and oxygen atoms in total. The molecule has 0 bridgehead atoms. The fourth-order valence-corrected chi connectivity index (χ4v) is 5.16. The summed E-state index contributed by atoms with van der Waals surface area (Å²) >= 11 is 0. The van der Waals surface area contributed by atoms with Crippen molar-refractivity contribution in [2.75, 3.05) is 19.6 Å². The zero-order valence-electron chi connectivity index (χ0n) is 13.3. The van der Waals surface area contributed by atoms with Gasteiger partial charge in [0.15, 0.2) is 0 Å². The van der Waals surface area contributed by atoms with E-state index in [-0.39, 0.29) is 0 Å². The van der Waals surface area contributed by atoms with E-state index < -0.39 is 0 Å². The first kappa shape index (κ1) is 13.9. The number of nitrogens with zero attached hydrogens (tertiary/aromatic N) is 1. The molecule has 3 fully saturated rings.